The number of aliphatic carboxylic acids is 1. The van der Waals surface area contributed by atoms with Gasteiger partial charge in [0.25, 0.3) is 0 Å². The highest BCUT2D eigenvalue weighted by atomic mass is 16.4. The van der Waals surface area contributed by atoms with E-state index in [1.807, 2.05) is 0 Å². The van der Waals surface area contributed by atoms with Crippen molar-refractivity contribution in [3.05, 3.63) is 35.4 Å². The summed E-state index contributed by atoms with van der Waals surface area (Å²) < 4.78 is 0. The second-order valence-electron chi connectivity index (χ2n) is 4.18. The van der Waals surface area contributed by atoms with Crippen LogP contribution < -0.4 is 5.73 Å². The number of carboxylic acid groups (broad SMARTS) is 1. The van der Waals surface area contributed by atoms with Gasteiger partial charge >= 0.3 is 5.97 Å². The third-order valence-corrected chi connectivity index (χ3v) is 3.34. The highest BCUT2D eigenvalue weighted by Gasteiger charge is 2.45. The largest absolute Gasteiger partial charge is 0.481 e. The standard InChI is InChI=1S/C12H13NO3/c13-10(14)8-2-4-9(5-3-8)12(11(15)16)6-1-7-12/h2-5H,1,6-7H2,(H2,13,14)(H,15,16). The molecule has 1 amide bonds. The molecule has 4 nitrogen and oxygen atoms in total. The molecular weight excluding hydrogens is 206 g/mol. The van der Waals surface area contributed by atoms with Gasteiger partial charge in [-0.3, -0.25) is 9.59 Å². The fourth-order valence-electron chi connectivity index (χ4n) is 2.11. The minimum Gasteiger partial charge on any atom is -0.481 e. The zero-order valence-electron chi connectivity index (χ0n) is 8.77. The molecule has 16 heavy (non-hydrogen) atoms. The second-order valence-corrected chi connectivity index (χ2v) is 4.18. The number of hydrogen-bond acceptors (Lipinski definition) is 2. The quantitative estimate of drug-likeness (QED) is 0.803. The van der Waals surface area contributed by atoms with Crippen molar-refractivity contribution in [1.29, 1.82) is 0 Å². The Bertz CT molecular complexity index is 432. The van der Waals surface area contributed by atoms with Crippen LogP contribution in [0.2, 0.25) is 0 Å². The fraction of sp³-hybridized carbons (Fsp3) is 0.333. The monoisotopic (exact) mass is 219 g/mol. The summed E-state index contributed by atoms with van der Waals surface area (Å²) in [6.07, 6.45) is 2.26. The van der Waals surface area contributed by atoms with Gasteiger partial charge in [-0.1, -0.05) is 18.6 Å². The van der Waals surface area contributed by atoms with Gasteiger partial charge in [0.2, 0.25) is 5.91 Å². The van der Waals surface area contributed by atoms with Crippen LogP contribution in [0.15, 0.2) is 24.3 Å². The molecule has 2 rings (SSSR count). The number of carboxylic acids is 1. The first-order valence-electron chi connectivity index (χ1n) is 5.20. The molecule has 0 atom stereocenters. The molecule has 0 aromatic heterocycles. The first-order chi connectivity index (χ1) is 7.56. The van der Waals surface area contributed by atoms with Crippen LogP contribution in [0.5, 0.6) is 0 Å². The maximum Gasteiger partial charge on any atom is 0.314 e. The van der Waals surface area contributed by atoms with E-state index >= 15 is 0 Å². The summed E-state index contributed by atoms with van der Waals surface area (Å²) in [5, 5.41) is 9.22. The topological polar surface area (TPSA) is 80.4 Å². The molecule has 1 saturated carbocycles. The van der Waals surface area contributed by atoms with Crippen molar-refractivity contribution in [3.8, 4) is 0 Å². The first kappa shape index (κ1) is 10.7. The van der Waals surface area contributed by atoms with Crippen LogP contribution >= 0.6 is 0 Å². The molecular formula is C12H13NO3. The number of nitrogens with two attached hydrogens (primary N) is 1. The molecule has 1 fully saturated rings. The van der Waals surface area contributed by atoms with E-state index in [9.17, 15) is 14.7 Å². The van der Waals surface area contributed by atoms with Crippen molar-refractivity contribution in [2.24, 2.45) is 5.73 Å². The second kappa shape index (κ2) is 3.63. The lowest BCUT2D eigenvalue weighted by Crippen LogP contribution is -2.42. The van der Waals surface area contributed by atoms with Gasteiger partial charge in [-0.2, -0.15) is 0 Å². The predicted octanol–water partition coefficient (Wildman–Crippen LogP) is 1.29. The Hall–Kier alpha value is -1.84. The summed E-state index contributed by atoms with van der Waals surface area (Å²) in [4.78, 5) is 22.1. The van der Waals surface area contributed by atoms with Crippen molar-refractivity contribution in [3.63, 3.8) is 0 Å². The molecule has 1 aromatic rings. The maximum absolute atomic E-state index is 11.2. The summed E-state index contributed by atoms with van der Waals surface area (Å²) in [5.74, 6) is -1.28. The minimum atomic E-state index is -0.787. The van der Waals surface area contributed by atoms with E-state index in [0.717, 1.165) is 12.0 Å². The van der Waals surface area contributed by atoms with Crippen LogP contribution in [-0.2, 0) is 10.2 Å². The lowest BCUT2D eigenvalue weighted by atomic mass is 9.64. The number of rotatable bonds is 3. The van der Waals surface area contributed by atoms with Crippen LogP contribution in [0.4, 0.5) is 0 Å². The van der Waals surface area contributed by atoms with Crippen LogP contribution in [0.3, 0.4) is 0 Å². The van der Waals surface area contributed by atoms with Gasteiger partial charge in [0, 0.05) is 5.56 Å². The molecule has 0 aliphatic heterocycles. The van der Waals surface area contributed by atoms with Crippen molar-refractivity contribution < 1.29 is 14.7 Å². The van der Waals surface area contributed by atoms with Crippen molar-refractivity contribution in [1.82, 2.24) is 0 Å². The average Bonchev–Trinajstić information content (AvgIpc) is 2.16. The van der Waals surface area contributed by atoms with Gasteiger partial charge in [0.05, 0.1) is 5.41 Å². The molecule has 1 aromatic carbocycles. The first-order valence-corrected chi connectivity index (χ1v) is 5.20. The van der Waals surface area contributed by atoms with Crippen molar-refractivity contribution in [2.45, 2.75) is 24.7 Å². The third-order valence-electron chi connectivity index (χ3n) is 3.34. The molecule has 0 saturated heterocycles. The van der Waals surface area contributed by atoms with E-state index in [0.29, 0.717) is 18.4 Å². The molecule has 0 radical (unpaired) electrons. The van der Waals surface area contributed by atoms with Gasteiger partial charge < -0.3 is 10.8 Å². The molecule has 0 heterocycles. The predicted molar refractivity (Wildman–Crippen MR) is 58.1 cm³/mol. The molecule has 0 unspecified atom stereocenters. The molecule has 1 aliphatic carbocycles. The van der Waals surface area contributed by atoms with Gasteiger partial charge in [0.15, 0.2) is 0 Å². The average molecular weight is 219 g/mol. The Morgan fingerprint density at radius 3 is 2.06 bits per heavy atom. The highest BCUT2D eigenvalue weighted by Crippen LogP contribution is 2.43. The van der Waals surface area contributed by atoms with Crippen LogP contribution in [0.25, 0.3) is 0 Å². The number of benzene rings is 1. The fourth-order valence-corrected chi connectivity index (χ4v) is 2.11. The van der Waals surface area contributed by atoms with Gasteiger partial charge in [-0.05, 0) is 30.5 Å². The summed E-state index contributed by atoms with van der Waals surface area (Å²) in [6.45, 7) is 0. The summed E-state index contributed by atoms with van der Waals surface area (Å²) in [6, 6.07) is 6.54. The van der Waals surface area contributed by atoms with E-state index in [1.165, 1.54) is 0 Å². The number of carbonyl (C=O) groups excluding carboxylic acids is 1. The molecule has 0 spiro atoms. The lowest BCUT2D eigenvalue weighted by Gasteiger charge is -2.38. The van der Waals surface area contributed by atoms with E-state index in [1.54, 1.807) is 24.3 Å². The molecule has 84 valence electrons. The van der Waals surface area contributed by atoms with E-state index in [2.05, 4.69) is 0 Å². The molecule has 4 heteroatoms. The summed E-state index contributed by atoms with van der Waals surface area (Å²) in [5.41, 5.74) is 5.55. The summed E-state index contributed by atoms with van der Waals surface area (Å²) in [7, 11) is 0. The number of carbonyl (C=O) groups is 2. The van der Waals surface area contributed by atoms with Crippen LogP contribution in [0, 0.1) is 0 Å². The smallest absolute Gasteiger partial charge is 0.314 e. The summed E-state index contributed by atoms with van der Waals surface area (Å²) >= 11 is 0. The SMILES string of the molecule is NC(=O)c1ccc(C2(C(=O)O)CCC2)cc1. The molecule has 1 aliphatic rings. The van der Waals surface area contributed by atoms with Gasteiger partial charge in [-0.15, -0.1) is 0 Å². The van der Waals surface area contributed by atoms with Crippen molar-refractivity contribution >= 4 is 11.9 Å². The van der Waals surface area contributed by atoms with E-state index in [-0.39, 0.29) is 0 Å². The van der Waals surface area contributed by atoms with E-state index < -0.39 is 17.3 Å². The normalized spacial score (nSPS) is 17.5. The maximum atomic E-state index is 11.2. The Morgan fingerprint density at radius 2 is 1.75 bits per heavy atom. The Labute approximate surface area is 93.1 Å². The zero-order valence-corrected chi connectivity index (χ0v) is 8.77. The van der Waals surface area contributed by atoms with Crippen molar-refractivity contribution in [2.75, 3.05) is 0 Å². The molecule has 3 N–H and O–H groups in total. The number of amides is 1. The third kappa shape index (κ3) is 1.46. The van der Waals surface area contributed by atoms with E-state index in [4.69, 9.17) is 5.73 Å². The van der Waals surface area contributed by atoms with Gasteiger partial charge in [-0.25, -0.2) is 0 Å². The number of hydrogen-bond donors (Lipinski definition) is 2. The Kier molecular flexibility index (Phi) is 2.42. The van der Waals surface area contributed by atoms with Crippen LogP contribution in [0.1, 0.15) is 35.2 Å². The van der Waals surface area contributed by atoms with Crippen LogP contribution in [-0.4, -0.2) is 17.0 Å². The Balaban J connectivity index is 2.34. The minimum absolute atomic E-state index is 0.406. The van der Waals surface area contributed by atoms with Gasteiger partial charge in [0.1, 0.15) is 0 Å². The highest BCUT2D eigenvalue weighted by molar-refractivity contribution is 5.93. The zero-order chi connectivity index (χ0) is 11.8. The lowest BCUT2D eigenvalue weighted by molar-refractivity contribution is -0.147. The molecule has 0 bridgehead atoms. The Morgan fingerprint density at radius 1 is 1.19 bits per heavy atom. The number of primary amides is 1.